The third kappa shape index (κ3) is 3.68. The molecule has 1 N–H and O–H groups in total. The number of nitrogens with one attached hydrogen (secondary N) is 1. The number of hydrogen-bond donors (Lipinski definition) is 1. The maximum atomic E-state index is 12.8. The molecule has 26 heavy (non-hydrogen) atoms. The quantitative estimate of drug-likeness (QED) is 0.565. The summed E-state index contributed by atoms with van der Waals surface area (Å²) in [5.41, 5.74) is 0.818. The standard InChI is InChI=1S/C21H26BrNO3/c22-21-11-16-8-17(12-21)10-20(9-16,14-21)19(25)26-13-18(24)23-7-6-15-4-2-1-3-5-15/h1-5,16-17H,6-14H2,(H,23,24)/t16-,17+,20?,21?. The second-order valence-electron chi connectivity index (χ2n) is 8.55. The molecule has 4 aliphatic carbocycles. The average molecular weight is 420 g/mol. The molecule has 4 fully saturated rings. The first-order valence-electron chi connectivity index (χ1n) is 9.63. The van der Waals surface area contributed by atoms with Gasteiger partial charge in [-0.15, -0.1) is 0 Å². The normalized spacial score (nSPS) is 34.5. The molecule has 1 aromatic rings. The van der Waals surface area contributed by atoms with Gasteiger partial charge >= 0.3 is 5.97 Å². The van der Waals surface area contributed by atoms with Crippen molar-refractivity contribution in [2.75, 3.05) is 13.2 Å². The molecule has 4 nitrogen and oxygen atoms in total. The molecule has 0 radical (unpaired) electrons. The number of esters is 1. The summed E-state index contributed by atoms with van der Waals surface area (Å²) in [6, 6.07) is 10.0. The zero-order valence-corrected chi connectivity index (χ0v) is 16.6. The van der Waals surface area contributed by atoms with Gasteiger partial charge in [0.1, 0.15) is 0 Å². The summed E-state index contributed by atoms with van der Waals surface area (Å²) in [6.45, 7) is 0.389. The number of hydrogen-bond acceptors (Lipinski definition) is 3. The van der Waals surface area contributed by atoms with E-state index < -0.39 is 0 Å². The van der Waals surface area contributed by atoms with E-state index in [0.717, 1.165) is 25.7 Å². The Hall–Kier alpha value is -1.36. The Morgan fingerprint density at radius 2 is 1.81 bits per heavy atom. The lowest BCUT2D eigenvalue weighted by Crippen LogP contribution is -2.56. The van der Waals surface area contributed by atoms with Crippen LogP contribution < -0.4 is 5.32 Å². The molecule has 0 aliphatic heterocycles. The van der Waals surface area contributed by atoms with E-state index in [0.29, 0.717) is 18.4 Å². The minimum absolute atomic E-state index is 0.119. The highest BCUT2D eigenvalue weighted by atomic mass is 79.9. The highest BCUT2D eigenvalue weighted by molar-refractivity contribution is 9.10. The zero-order chi connectivity index (χ0) is 18.2. The Kier molecular flexibility index (Phi) is 4.84. The summed E-state index contributed by atoms with van der Waals surface area (Å²) in [5, 5.41) is 2.84. The molecule has 4 bridgehead atoms. The number of ether oxygens (including phenoxy) is 1. The predicted molar refractivity (Wildman–Crippen MR) is 103 cm³/mol. The maximum absolute atomic E-state index is 12.8. The molecular formula is C21H26BrNO3. The first-order valence-corrected chi connectivity index (χ1v) is 10.4. The molecule has 0 aromatic heterocycles. The van der Waals surface area contributed by atoms with Crippen LogP contribution in [-0.4, -0.2) is 29.4 Å². The van der Waals surface area contributed by atoms with E-state index in [1.807, 2.05) is 30.3 Å². The first-order chi connectivity index (χ1) is 12.5. The SMILES string of the molecule is O=C(COC(=O)C12C[C@@H]3C[C@@H](CC(Br)(C3)C1)C2)NCCc1ccccc1. The fourth-order valence-corrected chi connectivity index (χ4v) is 7.17. The van der Waals surface area contributed by atoms with Crippen LogP contribution in [0.2, 0.25) is 0 Å². The minimum Gasteiger partial charge on any atom is -0.455 e. The van der Waals surface area contributed by atoms with Crippen LogP contribution >= 0.6 is 15.9 Å². The van der Waals surface area contributed by atoms with E-state index in [4.69, 9.17) is 4.74 Å². The van der Waals surface area contributed by atoms with E-state index >= 15 is 0 Å². The van der Waals surface area contributed by atoms with Crippen LogP contribution in [0.3, 0.4) is 0 Å². The lowest BCUT2D eigenvalue weighted by atomic mass is 9.49. The molecule has 1 aromatic carbocycles. The fraction of sp³-hybridized carbons (Fsp3) is 0.619. The molecule has 5 heteroatoms. The molecule has 0 spiro atoms. The van der Waals surface area contributed by atoms with Crippen LogP contribution in [0.15, 0.2) is 30.3 Å². The van der Waals surface area contributed by atoms with Gasteiger partial charge in [-0.05, 0) is 62.3 Å². The third-order valence-electron chi connectivity index (χ3n) is 6.34. The van der Waals surface area contributed by atoms with E-state index in [2.05, 4.69) is 21.2 Å². The largest absolute Gasteiger partial charge is 0.455 e. The van der Waals surface area contributed by atoms with Gasteiger partial charge in [0.25, 0.3) is 5.91 Å². The van der Waals surface area contributed by atoms with Crippen molar-refractivity contribution in [3.05, 3.63) is 35.9 Å². The lowest BCUT2D eigenvalue weighted by molar-refractivity contribution is -0.171. The van der Waals surface area contributed by atoms with Crippen molar-refractivity contribution in [1.29, 1.82) is 0 Å². The second kappa shape index (κ2) is 6.99. The molecule has 2 unspecified atom stereocenters. The number of carbonyl (C=O) groups excluding carboxylic acids is 2. The Balaban J connectivity index is 1.25. The van der Waals surface area contributed by atoms with Crippen LogP contribution in [0.25, 0.3) is 0 Å². The van der Waals surface area contributed by atoms with Gasteiger partial charge in [0, 0.05) is 10.9 Å². The number of alkyl halides is 1. The van der Waals surface area contributed by atoms with Gasteiger partial charge in [-0.1, -0.05) is 46.3 Å². The van der Waals surface area contributed by atoms with Crippen molar-refractivity contribution in [2.24, 2.45) is 17.3 Å². The fourth-order valence-electron chi connectivity index (χ4n) is 5.72. The van der Waals surface area contributed by atoms with E-state index in [1.165, 1.54) is 24.8 Å². The molecular weight excluding hydrogens is 394 g/mol. The Bertz CT molecular complexity index is 676. The van der Waals surface area contributed by atoms with Crippen molar-refractivity contribution < 1.29 is 14.3 Å². The molecule has 140 valence electrons. The van der Waals surface area contributed by atoms with Gasteiger partial charge in [0.05, 0.1) is 5.41 Å². The molecule has 4 aliphatic rings. The van der Waals surface area contributed by atoms with Crippen LogP contribution in [0.1, 0.15) is 44.1 Å². The highest BCUT2D eigenvalue weighted by Crippen LogP contribution is 2.64. The molecule has 0 saturated heterocycles. The minimum atomic E-state index is -0.363. The molecule has 4 saturated carbocycles. The monoisotopic (exact) mass is 419 g/mol. The smallest absolute Gasteiger partial charge is 0.312 e. The lowest BCUT2D eigenvalue weighted by Gasteiger charge is -2.58. The van der Waals surface area contributed by atoms with Gasteiger partial charge in [-0.25, -0.2) is 0 Å². The third-order valence-corrected chi connectivity index (χ3v) is 7.26. The second-order valence-corrected chi connectivity index (χ2v) is 10.2. The highest BCUT2D eigenvalue weighted by Gasteiger charge is 2.60. The number of amides is 1. The summed E-state index contributed by atoms with van der Waals surface area (Å²) in [6.07, 6.45) is 7.12. The Morgan fingerprint density at radius 3 is 2.46 bits per heavy atom. The van der Waals surface area contributed by atoms with Gasteiger partial charge in [-0.3, -0.25) is 9.59 Å². The summed E-state index contributed by atoms with van der Waals surface area (Å²) >= 11 is 3.91. The van der Waals surface area contributed by atoms with Crippen LogP contribution in [0.4, 0.5) is 0 Å². The van der Waals surface area contributed by atoms with Crippen molar-refractivity contribution in [3.63, 3.8) is 0 Å². The number of carbonyl (C=O) groups is 2. The topological polar surface area (TPSA) is 55.4 Å². The number of benzene rings is 1. The summed E-state index contributed by atoms with van der Waals surface area (Å²) in [5.74, 6) is 0.881. The number of halogens is 1. The van der Waals surface area contributed by atoms with Gasteiger partial charge in [-0.2, -0.15) is 0 Å². The average Bonchev–Trinajstić information content (AvgIpc) is 2.58. The van der Waals surface area contributed by atoms with Crippen molar-refractivity contribution in [2.45, 2.75) is 49.3 Å². The zero-order valence-electron chi connectivity index (χ0n) is 15.0. The number of rotatable bonds is 6. The van der Waals surface area contributed by atoms with Crippen molar-refractivity contribution >= 4 is 27.8 Å². The maximum Gasteiger partial charge on any atom is 0.312 e. The summed E-state index contributed by atoms with van der Waals surface area (Å²) < 4.78 is 5.58. The van der Waals surface area contributed by atoms with Gasteiger partial charge < -0.3 is 10.1 Å². The molecule has 1 amide bonds. The van der Waals surface area contributed by atoms with Crippen LogP contribution in [0.5, 0.6) is 0 Å². The summed E-state index contributed by atoms with van der Waals surface area (Å²) in [4.78, 5) is 24.8. The molecule has 4 atom stereocenters. The van der Waals surface area contributed by atoms with Gasteiger partial charge in [0.15, 0.2) is 6.61 Å². The van der Waals surface area contributed by atoms with E-state index in [1.54, 1.807) is 0 Å². The summed E-state index contributed by atoms with van der Waals surface area (Å²) in [7, 11) is 0. The van der Waals surface area contributed by atoms with Gasteiger partial charge in [0.2, 0.25) is 0 Å². The van der Waals surface area contributed by atoms with E-state index in [-0.39, 0.29) is 28.2 Å². The predicted octanol–water partition coefficient (Wildman–Crippen LogP) is 3.62. The molecule has 0 heterocycles. The van der Waals surface area contributed by atoms with Crippen LogP contribution in [0, 0.1) is 17.3 Å². The first kappa shape index (κ1) is 18.0. The molecule has 5 rings (SSSR count). The Morgan fingerprint density at radius 1 is 1.12 bits per heavy atom. The van der Waals surface area contributed by atoms with E-state index in [9.17, 15) is 9.59 Å². The van der Waals surface area contributed by atoms with Crippen molar-refractivity contribution in [3.8, 4) is 0 Å². The van der Waals surface area contributed by atoms with Crippen molar-refractivity contribution in [1.82, 2.24) is 5.32 Å². The van der Waals surface area contributed by atoms with Crippen LogP contribution in [-0.2, 0) is 20.7 Å². The Labute approximate surface area is 163 Å².